The van der Waals surface area contributed by atoms with Crippen molar-refractivity contribution in [2.45, 2.75) is 20.8 Å². The molecule has 28 heavy (non-hydrogen) atoms. The Balaban J connectivity index is 2.60. The first-order chi connectivity index (χ1) is 12.9. The van der Waals surface area contributed by atoms with E-state index < -0.39 is 13.5 Å². The summed E-state index contributed by atoms with van der Waals surface area (Å²) in [6, 6.07) is 6.12. The molecule has 0 spiro atoms. The maximum Gasteiger partial charge on any atom is 0.348 e. The largest absolute Gasteiger partial charge is 0.477 e. The van der Waals surface area contributed by atoms with E-state index in [1.807, 2.05) is 20.8 Å². The molecule has 0 saturated heterocycles. The van der Waals surface area contributed by atoms with Gasteiger partial charge in [-0.1, -0.05) is 35.0 Å². The average Bonchev–Trinajstić information content (AvgIpc) is 3.02. The highest BCUT2D eigenvalue weighted by atomic mass is 35.5. The van der Waals surface area contributed by atoms with Crippen LogP contribution in [0.4, 0.5) is 5.69 Å². The summed E-state index contributed by atoms with van der Waals surface area (Å²) in [5.41, 5.74) is 0.00451. The Hall–Kier alpha value is -1.48. The molecular weight excluding hydrogens is 440 g/mol. The average molecular weight is 460 g/mol. The van der Waals surface area contributed by atoms with Crippen LogP contribution in [-0.2, 0) is 9.09 Å². The van der Waals surface area contributed by atoms with Crippen molar-refractivity contribution in [1.29, 1.82) is 0 Å². The van der Waals surface area contributed by atoms with Gasteiger partial charge >= 0.3 is 13.5 Å². The van der Waals surface area contributed by atoms with E-state index in [2.05, 4.69) is 11.8 Å². The summed E-state index contributed by atoms with van der Waals surface area (Å²) in [5.74, 6) is 4.92. The van der Waals surface area contributed by atoms with Crippen LogP contribution in [0.5, 0.6) is 0 Å². The Morgan fingerprint density at radius 2 is 1.93 bits per heavy atom. The predicted molar refractivity (Wildman–Crippen MR) is 117 cm³/mol. The summed E-state index contributed by atoms with van der Waals surface area (Å²) in [4.78, 5) is 12.3. The van der Waals surface area contributed by atoms with Crippen LogP contribution in [0.25, 0.3) is 0 Å². The molecule has 0 radical (unpaired) electrons. The number of hydrogen-bond acceptors (Lipinski definition) is 4. The van der Waals surface area contributed by atoms with Crippen molar-refractivity contribution in [3.05, 3.63) is 44.1 Å². The van der Waals surface area contributed by atoms with Crippen LogP contribution in [-0.4, -0.2) is 25.2 Å². The molecule has 1 aromatic heterocycles. The van der Waals surface area contributed by atoms with Gasteiger partial charge in [0.05, 0.1) is 20.9 Å². The molecule has 5 nitrogen and oxygen atoms in total. The van der Waals surface area contributed by atoms with E-state index in [0.717, 1.165) is 11.3 Å². The Morgan fingerprint density at radius 1 is 1.29 bits per heavy atom. The van der Waals surface area contributed by atoms with Crippen LogP contribution >= 0.6 is 42.1 Å². The zero-order chi connectivity index (χ0) is 21.3. The quantitative estimate of drug-likeness (QED) is 0.455. The lowest BCUT2D eigenvalue weighted by atomic mass is 9.98. The third-order valence-corrected chi connectivity index (χ3v) is 7.88. The number of carboxylic acid groups (broad SMARTS) is 1. The minimum absolute atomic E-state index is 0.0167. The first-order valence-corrected chi connectivity index (χ1v) is 11.3. The highest BCUT2D eigenvalue weighted by Crippen LogP contribution is 2.53. The molecule has 0 fully saturated rings. The number of benzene rings is 1. The van der Waals surface area contributed by atoms with Crippen molar-refractivity contribution in [3.63, 3.8) is 0 Å². The minimum atomic E-state index is -3.69. The van der Waals surface area contributed by atoms with Gasteiger partial charge in [-0.2, -0.15) is 0 Å². The molecule has 150 valence electrons. The van der Waals surface area contributed by atoms with Crippen molar-refractivity contribution in [2.75, 3.05) is 18.8 Å². The lowest BCUT2D eigenvalue weighted by Crippen LogP contribution is -2.24. The number of anilines is 1. The molecule has 9 heteroatoms. The van der Waals surface area contributed by atoms with E-state index >= 15 is 0 Å². The van der Waals surface area contributed by atoms with E-state index in [-0.39, 0.29) is 26.3 Å². The molecule has 0 saturated carbocycles. The van der Waals surface area contributed by atoms with Crippen molar-refractivity contribution < 1.29 is 19.0 Å². The second kappa shape index (κ2) is 8.49. The number of thiophene rings is 1. The van der Waals surface area contributed by atoms with Crippen LogP contribution in [0.15, 0.2) is 24.3 Å². The van der Waals surface area contributed by atoms with Gasteiger partial charge in [-0.15, -0.1) is 11.3 Å². The molecule has 0 amide bonds. The lowest BCUT2D eigenvalue weighted by molar-refractivity contribution is 0.0703. The van der Waals surface area contributed by atoms with Crippen molar-refractivity contribution in [3.8, 4) is 11.8 Å². The summed E-state index contributed by atoms with van der Waals surface area (Å²) in [6.45, 7) is 5.88. The zero-order valence-corrected chi connectivity index (χ0v) is 19.3. The number of hydrogen-bond donors (Lipinski definition) is 1. The summed E-state index contributed by atoms with van der Waals surface area (Å²) in [5, 5.41) is 10.4. The number of rotatable bonds is 5. The molecule has 0 bridgehead atoms. The fourth-order valence-electron chi connectivity index (χ4n) is 2.32. The molecule has 2 rings (SSSR count). The van der Waals surface area contributed by atoms with E-state index in [1.54, 1.807) is 12.1 Å². The van der Waals surface area contributed by atoms with Crippen molar-refractivity contribution >= 4 is 59.0 Å². The second-order valence-corrected chi connectivity index (χ2v) is 11.3. The van der Waals surface area contributed by atoms with Crippen LogP contribution in [0, 0.1) is 17.3 Å². The van der Waals surface area contributed by atoms with Gasteiger partial charge in [0.2, 0.25) is 0 Å². The normalized spacial score (nSPS) is 13.4. The second-order valence-electron chi connectivity index (χ2n) is 6.95. The summed E-state index contributed by atoms with van der Waals surface area (Å²) in [7, 11) is -0.898. The smallest absolute Gasteiger partial charge is 0.348 e. The van der Waals surface area contributed by atoms with Gasteiger partial charge in [-0.05, 0) is 45.0 Å². The lowest BCUT2D eigenvalue weighted by Gasteiger charge is -2.28. The topological polar surface area (TPSA) is 66.8 Å². The van der Waals surface area contributed by atoms with Gasteiger partial charge < -0.3 is 9.63 Å². The van der Waals surface area contributed by atoms with Crippen LogP contribution in [0.2, 0.25) is 10.0 Å². The Bertz CT molecular complexity index is 1020. The number of aromatic carboxylic acids is 1. The SMILES string of the molecule is COP(=O)(c1ccc(Cl)cc1Cl)N(C)c1cc(C#CC(C)(C)C)sc1C(=O)O. The summed E-state index contributed by atoms with van der Waals surface area (Å²) < 4.78 is 20.3. The summed E-state index contributed by atoms with van der Waals surface area (Å²) in [6.07, 6.45) is 0. The fourth-order valence-corrected chi connectivity index (χ4v) is 5.80. The van der Waals surface area contributed by atoms with Gasteiger partial charge in [0, 0.05) is 24.6 Å². The van der Waals surface area contributed by atoms with Crippen LogP contribution in [0.1, 0.15) is 35.3 Å². The molecular formula is C19H20Cl2NO4PS. The highest BCUT2D eigenvalue weighted by molar-refractivity contribution is 7.68. The molecule has 1 atom stereocenters. The first-order valence-electron chi connectivity index (χ1n) is 8.15. The molecule has 0 aliphatic carbocycles. The van der Waals surface area contributed by atoms with E-state index in [0.29, 0.717) is 9.90 Å². The number of carbonyl (C=O) groups is 1. The molecule has 1 N–H and O–H groups in total. The van der Waals surface area contributed by atoms with E-state index in [9.17, 15) is 14.5 Å². The highest BCUT2D eigenvalue weighted by Gasteiger charge is 2.36. The molecule has 2 aromatic rings. The first kappa shape index (κ1) is 22.8. The molecule has 0 aliphatic heterocycles. The number of carboxylic acids is 1. The molecule has 0 aliphatic rings. The fraction of sp³-hybridized carbons (Fsp3) is 0.316. The standard InChI is InChI=1S/C19H20Cl2NO4PS/c1-19(2,3)9-8-13-11-15(17(28-13)18(23)24)22(4)27(25,26-5)16-7-6-12(20)10-14(16)21/h6-7,10-11H,1-5H3,(H,23,24). The summed E-state index contributed by atoms with van der Waals surface area (Å²) >= 11 is 13.2. The molecule has 1 heterocycles. The third kappa shape index (κ3) is 4.92. The molecule has 1 aromatic carbocycles. The Morgan fingerprint density at radius 3 is 2.43 bits per heavy atom. The monoisotopic (exact) mass is 459 g/mol. The van der Waals surface area contributed by atoms with E-state index in [4.69, 9.17) is 27.7 Å². The minimum Gasteiger partial charge on any atom is -0.477 e. The van der Waals surface area contributed by atoms with E-state index in [1.165, 1.54) is 31.0 Å². The van der Waals surface area contributed by atoms with Crippen molar-refractivity contribution in [1.82, 2.24) is 0 Å². The van der Waals surface area contributed by atoms with Gasteiger partial charge in [-0.25, -0.2) is 4.79 Å². The number of halogens is 2. The zero-order valence-electron chi connectivity index (χ0n) is 16.0. The van der Waals surface area contributed by atoms with Gasteiger partial charge in [0.25, 0.3) is 0 Å². The molecule has 1 unspecified atom stereocenters. The van der Waals surface area contributed by atoms with Gasteiger partial charge in [0.15, 0.2) is 0 Å². The maximum atomic E-state index is 13.7. The van der Waals surface area contributed by atoms with Crippen molar-refractivity contribution in [2.24, 2.45) is 5.41 Å². The van der Waals surface area contributed by atoms with Crippen LogP contribution < -0.4 is 9.97 Å². The Kier molecular flexibility index (Phi) is 6.91. The predicted octanol–water partition coefficient (Wildman–Crippen LogP) is 5.75. The maximum absolute atomic E-state index is 13.7. The third-order valence-electron chi connectivity index (χ3n) is 3.67. The van der Waals surface area contributed by atoms with Crippen LogP contribution in [0.3, 0.4) is 0 Å². The number of nitrogens with zero attached hydrogens (tertiary/aromatic N) is 1. The van der Waals surface area contributed by atoms with Gasteiger partial charge in [0.1, 0.15) is 4.88 Å². The Labute approximate surface area is 178 Å². The van der Waals surface area contributed by atoms with Gasteiger partial charge in [-0.3, -0.25) is 9.24 Å².